The molecule has 2 aromatic rings. The molecule has 0 saturated carbocycles. The van der Waals surface area contributed by atoms with Gasteiger partial charge in [-0.3, -0.25) is 4.79 Å². The maximum atomic E-state index is 13.1. The van der Waals surface area contributed by atoms with Crippen molar-refractivity contribution in [3.05, 3.63) is 71.6 Å². The molecule has 1 aliphatic rings. The SMILES string of the molecule is N#Cc1ccccc1/C=C/C(=O)N1CCCN(S(=O)(=O)c2ccc(F)cc2)CC1. The minimum atomic E-state index is -3.74. The van der Waals surface area contributed by atoms with Crippen molar-refractivity contribution in [2.75, 3.05) is 26.2 Å². The molecule has 0 aromatic heterocycles. The number of amides is 1. The molecule has 1 fully saturated rings. The number of hydrogen-bond donors (Lipinski definition) is 0. The monoisotopic (exact) mass is 413 g/mol. The third-order valence-corrected chi connectivity index (χ3v) is 6.62. The fourth-order valence-electron chi connectivity index (χ4n) is 3.12. The molecule has 1 aliphatic heterocycles. The first-order valence-corrected chi connectivity index (χ1v) is 10.6. The third kappa shape index (κ3) is 4.88. The van der Waals surface area contributed by atoms with E-state index in [1.165, 1.54) is 22.5 Å². The molecule has 0 atom stereocenters. The molecule has 0 aliphatic carbocycles. The lowest BCUT2D eigenvalue weighted by atomic mass is 10.1. The number of carbonyl (C=O) groups excluding carboxylic acids is 1. The van der Waals surface area contributed by atoms with Crippen LogP contribution in [0.15, 0.2) is 59.5 Å². The number of hydrogen-bond acceptors (Lipinski definition) is 4. The van der Waals surface area contributed by atoms with Crippen molar-refractivity contribution in [1.29, 1.82) is 5.26 Å². The van der Waals surface area contributed by atoms with Crippen LogP contribution in [0, 0.1) is 17.1 Å². The molecule has 8 heteroatoms. The summed E-state index contributed by atoms with van der Waals surface area (Å²) in [5.41, 5.74) is 1.13. The predicted octanol–water partition coefficient (Wildman–Crippen LogP) is 2.63. The summed E-state index contributed by atoms with van der Waals surface area (Å²) in [6, 6.07) is 13.8. The van der Waals surface area contributed by atoms with E-state index in [1.807, 2.05) is 0 Å². The molecule has 150 valence electrons. The van der Waals surface area contributed by atoms with Gasteiger partial charge >= 0.3 is 0 Å². The highest BCUT2D eigenvalue weighted by molar-refractivity contribution is 7.89. The van der Waals surface area contributed by atoms with Crippen LogP contribution < -0.4 is 0 Å². The van der Waals surface area contributed by atoms with Gasteiger partial charge in [-0.2, -0.15) is 9.57 Å². The van der Waals surface area contributed by atoms with Gasteiger partial charge in [-0.15, -0.1) is 0 Å². The molecule has 0 spiro atoms. The van der Waals surface area contributed by atoms with Gasteiger partial charge in [0.25, 0.3) is 0 Å². The van der Waals surface area contributed by atoms with Gasteiger partial charge < -0.3 is 4.90 Å². The van der Waals surface area contributed by atoms with Crippen LogP contribution in [0.1, 0.15) is 17.5 Å². The Balaban J connectivity index is 1.68. The normalized spacial score (nSPS) is 15.8. The van der Waals surface area contributed by atoms with E-state index in [-0.39, 0.29) is 30.4 Å². The van der Waals surface area contributed by atoms with E-state index in [9.17, 15) is 17.6 Å². The molecular weight excluding hydrogens is 393 g/mol. The second-order valence-electron chi connectivity index (χ2n) is 6.57. The molecule has 3 rings (SSSR count). The molecule has 1 amide bonds. The van der Waals surface area contributed by atoms with Crippen molar-refractivity contribution in [3.63, 3.8) is 0 Å². The van der Waals surface area contributed by atoms with Crippen LogP contribution in [0.2, 0.25) is 0 Å². The second kappa shape index (κ2) is 8.99. The Morgan fingerprint density at radius 3 is 2.48 bits per heavy atom. The Bertz CT molecular complexity index is 1060. The highest BCUT2D eigenvalue weighted by Gasteiger charge is 2.27. The topological polar surface area (TPSA) is 81.5 Å². The molecule has 0 bridgehead atoms. The number of nitrogens with zero attached hydrogens (tertiary/aromatic N) is 3. The molecule has 0 radical (unpaired) electrons. The minimum absolute atomic E-state index is 0.0340. The van der Waals surface area contributed by atoms with Gasteiger partial charge in [-0.25, -0.2) is 12.8 Å². The number of benzene rings is 2. The van der Waals surface area contributed by atoms with Crippen LogP contribution in [0.5, 0.6) is 0 Å². The number of nitriles is 1. The van der Waals surface area contributed by atoms with Crippen LogP contribution in [-0.2, 0) is 14.8 Å². The quantitative estimate of drug-likeness (QED) is 0.722. The molecule has 1 heterocycles. The summed E-state index contributed by atoms with van der Waals surface area (Å²) in [5.74, 6) is -0.736. The van der Waals surface area contributed by atoms with E-state index in [1.54, 1.807) is 35.2 Å². The number of carbonyl (C=O) groups is 1. The van der Waals surface area contributed by atoms with Gasteiger partial charge in [0.15, 0.2) is 0 Å². The second-order valence-corrected chi connectivity index (χ2v) is 8.51. The van der Waals surface area contributed by atoms with Crippen molar-refractivity contribution in [1.82, 2.24) is 9.21 Å². The molecule has 0 unspecified atom stereocenters. The Morgan fingerprint density at radius 1 is 1.03 bits per heavy atom. The summed E-state index contributed by atoms with van der Waals surface area (Å²) in [5, 5.41) is 9.12. The first kappa shape index (κ1) is 20.7. The van der Waals surface area contributed by atoms with Gasteiger partial charge in [-0.05, 0) is 48.4 Å². The van der Waals surface area contributed by atoms with E-state index in [0.717, 1.165) is 12.1 Å². The lowest BCUT2D eigenvalue weighted by Gasteiger charge is -2.21. The first-order chi connectivity index (χ1) is 13.9. The van der Waals surface area contributed by atoms with Crippen molar-refractivity contribution < 1.29 is 17.6 Å². The van der Waals surface area contributed by atoms with Crippen molar-refractivity contribution in [3.8, 4) is 6.07 Å². The van der Waals surface area contributed by atoms with E-state index >= 15 is 0 Å². The minimum Gasteiger partial charge on any atom is -0.338 e. The smallest absolute Gasteiger partial charge is 0.246 e. The fourth-order valence-corrected chi connectivity index (χ4v) is 4.59. The number of halogens is 1. The predicted molar refractivity (Wildman–Crippen MR) is 107 cm³/mol. The van der Waals surface area contributed by atoms with Gasteiger partial charge in [0, 0.05) is 32.3 Å². The van der Waals surface area contributed by atoms with Crippen LogP contribution in [0.3, 0.4) is 0 Å². The highest BCUT2D eigenvalue weighted by Crippen LogP contribution is 2.18. The zero-order chi connectivity index (χ0) is 20.9. The van der Waals surface area contributed by atoms with E-state index in [4.69, 9.17) is 5.26 Å². The van der Waals surface area contributed by atoms with Gasteiger partial charge in [0.2, 0.25) is 15.9 Å². The van der Waals surface area contributed by atoms with Gasteiger partial charge in [0.05, 0.1) is 16.5 Å². The Hall–Kier alpha value is -3.02. The van der Waals surface area contributed by atoms with Crippen molar-refractivity contribution in [2.24, 2.45) is 0 Å². The van der Waals surface area contributed by atoms with Gasteiger partial charge in [0.1, 0.15) is 5.82 Å². The molecule has 2 aromatic carbocycles. The summed E-state index contributed by atoms with van der Waals surface area (Å²) in [4.78, 5) is 14.2. The Morgan fingerprint density at radius 2 is 1.76 bits per heavy atom. The standard InChI is InChI=1S/C21H20FN3O3S/c22-19-7-9-20(10-8-19)29(27,28)25-13-3-12-24(14-15-25)21(26)11-6-17-4-1-2-5-18(17)16-23/h1-2,4-11H,3,12-15H2/b11-6+. The average Bonchev–Trinajstić information content (AvgIpc) is 2.99. The highest BCUT2D eigenvalue weighted by atomic mass is 32.2. The maximum Gasteiger partial charge on any atom is 0.246 e. The number of sulfonamides is 1. The van der Waals surface area contributed by atoms with Crippen molar-refractivity contribution in [2.45, 2.75) is 11.3 Å². The zero-order valence-electron chi connectivity index (χ0n) is 15.7. The lowest BCUT2D eigenvalue weighted by molar-refractivity contribution is -0.125. The van der Waals surface area contributed by atoms with E-state index in [0.29, 0.717) is 24.1 Å². The summed E-state index contributed by atoms with van der Waals surface area (Å²) in [6.45, 7) is 1.13. The fraction of sp³-hybridized carbons (Fsp3) is 0.238. The summed E-state index contributed by atoms with van der Waals surface area (Å²) < 4.78 is 39.9. The molecule has 1 saturated heterocycles. The van der Waals surface area contributed by atoms with Crippen molar-refractivity contribution >= 4 is 22.0 Å². The Labute approximate surface area is 169 Å². The number of rotatable bonds is 4. The lowest BCUT2D eigenvalue weighted by Crippen LogP contribution is -2.36. The van der Waals surface area contributed by atoms with E-state index in [2.05, 4.69) is 6.07 Å². The molecule has 29 heavy (non-hydrogen) atoms. The molecule has 6 nitrogen and oxygen atoms in total. The maximum absolute atomic E-state index is 13.1. The van der Waals surface area contributed by atoms with Crippen LogP contribution in [-0.4, -0.2) is 49.7 Å². The average molecular weight is 413 g/mol. The molecule has 0 N–H and O–H groups in total. The molecular formula is C21H20FN3O3S. The Kier molecular flexibility index (Phi) is 6.42. The largest absolute Gasteiger partial charge is 0.338 e. The van der Waals surface area contributed by atoms with Gasteiger partial charge in [-0.1, -0.05) is 18.2 Å². The van der Waals surface area contributed by atoms with Crippen LogP contribution in [0.4, 0.5) is 4.39 Å². The zero-order valence-corrected chi connectivity index (χ0v) is 16.5. The summed E-state index contributed by atoms with van der Waals surface area (Å²) in [7, 11) is -3.74. The first-order valence-electron chi connectivity index (χ1n) is 9.13. The van der Waals surface area contributed by atoms with E-state index < -0.39 is 15.8 Å². The summed E-state index contributed by atoms with van der Waals surface area (Å²) >= 11 is 0. The van der Waals surface area contributed by atoms with Crippen LogP contribution >= 0.6 is 0 Å². The third-order valence-electron chi connectivity index (χ3n) is 4.70. The summed E-state index contributed by atoms with van der Waals surface area (Å²) in [6.07, 6.45) is 3.49. The van der Waals surface area contributed by atoms with Crippen LogP contribution in [0.25, 0.3) is 6.08 Å².